The van der Waals surface area contributed by atoms with Crippen molar-refractivity contribution in [1.82, 2.24) is 0 Å². The van der Waals surface area contributed by atoms with E-state index in [0.717, 1.165) is 11.1 Å². The zero-order chi connectivity index (χ0) is 13.9. The third-order valence-electron chi connectivity index (χ3n) is 2.85. The molecule has 0 aromatic heterocycles. The van der Waals surface area contributed by atoms with Crippen molar-refractivity contribution in [2.45, 2.75) is 24.8 Å². The van der Waals surface area contributed by atoms with E-state index in [4.69, 9.17) is 4.18 Å². The Hall–Kier alpha value is -1.65. The molecule has 0 spiro atoms. The Kier molecular flexibility index (Phi) is 4.02. The van der Waals surface area contributed by atoms with Gasteiger partial charge in [0, 0.05) is 0 Å². The van der Waals surface area contributed by atoms with Crippen LogP contribution < -0.4 is 0 Å². The third kappa shape index (κ3) is 3.43. The summed E-state index contributed by atoms with van der Waals surface area (Å²) >= 11 is 0. The lowest BCUT2D eigenvalue weighted by atomic mass is 10.1. The maximum atomic E-state index is 12.1. The van der Waals surface area contributed by atoms with Gasteiger partial charge >= 0.3 is 0 Å². The predicted octanol–water partition coefficient (Wildman–Crippen LogP) is 3.46. The van der Waals surface area contributed by atoms with Crippen molar-refractivity contribution in [3.05, 3.63) is 65.7 Å². The molecule has 0 aliphatic carbocycles. The first-order valence-electron chi connectivity index (χ1n) is 6.04. The highest BCUT2D eigenvalue weighted by molar-refractivity contribution is 7.86. The Morgan fingerprint density at radius 2 is 1.53 bits per heavy atom. The van der Waals surface area contributed by atoms with Gasteiger partial charge in [-0.2, -0.15) is 8.42 Å². The van der Waals surface area contributed by atoms with Crippen molar-refractivity contribution in [3.63, 3.8) is 0 Å². The monoisotopic (exact) mass is 276 g/mol. The quantitative estimate of drug-likeness (QED) is 0.803. The second kappa shape index (κ2) is 5.55. The summed E-state index contributed by atoms with van der Waals surface area (Å²) in [5.74, 6) is 0. The topological polar surface area (TPSA) is 43.4 Å². The summed E-state index contributed by atoms with van der Waals surface area (Å²) in [5, 5.41) is 0. The van der Waals surface area contributed by atoms with Gasteiger partial charge in [0.1, 0.15) is 0 Å². The second-order valence-electron chi connectivity index (χ2n) is 4.42. The Balaban J connectivity index is 2.20. The van der Waals surface area contributed by atoms with Gasteiger partial charge in [-0.15, -0.1) is 0 Å². The summed E-state index contributed by atoms with van der Waals surface area (Å²) in [7, 11) is -3.72. The van der Waals surface area contributed by atoms with Crippen LogP contribution in [0.1, 0.15) is 24.2 Å². The van der Waals surface area contributed by atoms with Gasteiger partial charge in [-0.25, -0.2) is 0 Å². The molecule has 3 nitrogen and oxygen atoms in total. The van der Waals surface area contributed by atoms with Gasteiger partial charge in [0.2, 0.25) is 0 Å². The minimum atomic E-state index is -3.72. The summed E-state index contributed by atoms with van der Waals surface area (Å²) in [6.07, 6.45) is -0.507. The molecule has 0 amide bonds. The SMILES string of the molecule is Cc1ccc(S(=O)(=O)OC(C)c2ccccc2)cc1. The summed E-state index contributed by atoms with van der Waals surface area (Å²) in [5.41, 5.74) is 1.84. The molecule has 1 unspecified atom stereocenters. The lowest BCUT2D eigenvalue weighted by Crippen LogP contribution is -2.10. The van der Waals surface area contributed by atoms with E-state index in [0.29, 0.717) is 0 Å². The van der Waals surface area contributed by atoms with E-state index in [2.05, 4.69) is 0 Å². The molecule has 2 aromatic rings. The fourth-order valence-corrected chi connectivity index (χ4v) is 2.80. The first-order valence-corrected chi connectivity index (χ1v) is 7.45. The van der Waals surface area contributed by atoms with Crippen LogP contribution in [-0.4, -0.2) is 8.42 Å². The Morgan fingerprint density at radius 3 is 2.11 bits per heavy atom. The molecule has 0 fully saturated rings. The molecule has 0 bridgehead atoms. The van der Waals surface area contributed by atoms with E-state index in [-0.39, 0.29) is 4.90 Å². The number of aryl methyl sites for hydroxylation is 1. The van der Waals surface area contributed by atoms with Crippen LogP contribution in [0.2, 0.25) is 0 Å². The number of rotatable bonds is 4. The first-order chi connectivity index (χ1) is 8.99. The lowest BCUT2D eigenvalue weighted by Gasteiger charge is -2.13. The molecule has 100 valence electrons. The standard InChI is InChI=1S/C15H16O3S/c1-12-8-10-15(11-9-12)19(16,17)18-13(2)14-6-4-3-5-7-14/h3-11,13H,1-2H3. The molecule has 2 aromatic carbocycles. The summed E-state index contributed by atoms with van der Waals surface area (Å²) in [6.45, 7) is 3.63. The molecule has 1 atom stereocenters. The molecule has 2 rings (SSSR count). The van der Waals surface area contributed by atoms with Gasteiger partial charge in [-0.1, -0.05) is 48.0 Å². The van der Waals surface area contributed by atoms with Crippen molar-refractivity contribution in [2.24, 2.45) is 0 Å². The Bertz CT molecular complexity index is 631. The van der Waals surface area contributed by atoms with Crippen LogP contribution in [0, 0.1) is 6.92 Å². The van der Waals surface area contributed by atoms with E-state index < -0.39 is 16.2 Å². The maximum absolute atomic E-state index is 12.1. The van der Waals surface area contributed by atoms with E-state index in [1.807, 2.05) is 37.3 Å². The molecule has 19 heavy (non-hydrogen) atoms. The van der Waals surface area contributed by atoms with Gasteiger partial charge < -0.3 is 0 Å². The van der Waals surface area contributed by atoms with Crippen LogP contribution in [0.4, 0.5) is 0 Å². The van der Waals surface area contributed by atoms with Crippen molar-refractivity contribution in [1.29, 1.82) is 0 Å². The van der Waals surface area contributed by atoms with Crippen LogP contribution >= 0.6 is 0 Å². The zero-order valence-corrected chi connectivity index (χ0v) is 11.7. The van der Waals surface area contributed by atoms with Crippen molar-refractivity contribution in [3.8, 4) is 0 Å². The number of benzene rings is 2. The fraction of sp³-hybridized carbons (Fsp3) is 0.200. The smallest absolute Gasteiger partial charge is 0.258 e. The van der Waals surface area contributed by atoms with Crippen LogP contribution in [-0.2, 0) is 14.3 Å². The average Bonchev–Trinajstić information content (AvgIpc) is 2.40. The van der Waals surface area contributed by atoms with E-state index in [1.54, 1.807) is 31.2 Å². The molecule has 0 heterocycles. The van der Waals surface area contributed by atoms with E-state index in [1.165, 1.54) is 0 Å². The summed E-state index contributed by atoms with van der Waals surface area (Å²) in [6, 6.07) is 15.9. The largest absolute Gasteiger partial charge is 0.297 e. The van der Waals surface area contributed by atoms with Gasteiger partial charge in [-0.3, -0.25) is 4.18 Å². The molecule has 4 heteroatoms. The summed E-state index contributed by atoms with van der Waals surface area (Å²) < 4.78 is 29.4. The molecule has 0 saturated heterocycles. The van der Waals surface area contributed by atoms with Gasteiger partial charge in [0.25, 0.3) is 10.1 Å². The molecule has 0 aliphatic rings. The van der Waals surface area contributed by atoms with E-state index >= 15 is 0 Å². The first kappa shape index (κ1) is 13.8. The predicted molar refractivity (Wildman–Crippen MR) is 74.3 cm³/mol. The highest BCUT2D eigenvalue weighted by atomic mass is 32.2. The van der Waals surface area contributed by atoms with Crippen LogP contribution in [0.25, 0.3) is 0 Å². The molecule has 0 aliphatic heterocycles. The molecule has 0 radical (unpaired) electrons. The van der Waals surface area contributed by atoms with Gasteiger partial charge in [0.15, 0.2) is 0 Å². The third-order valence-corrected chi connectivity index (χ3v) is 4.24. The van der Waals surface area contributed by atoms with Crippen molar-refractivity contribution < 1.29 is 12.6 Å². The molecular formula is C15H16O3S. The fourth-order valence-electron chi connectivity index (χ4n) is 1.73. The van der Waals surface area contributed by atoms with Crippen molar-refractivity contribution in [2.75, 3.05) is 0 Å². The van der Waals surface area contributed by atoms with Crippen LogP contribution in [0.3, 0.4) is 0 Å². The second-order valence-corrected chi connectivity index (χ2v) is 5.99. The Morgan fingerprint density at radius 1 is 0.947 bits per heavy atom. The minimum Gasteiger partial charge on any atom is -0.258 e. The molecular weight excluding hydrogens is 260 g/mol. The van der Waals surface area contributed by atoms with Gasteiger partial charge in [-0.05, 0) is 31.5 Å². The van der Waals surface area contributed by atoms with Crippen molar-refractivity contribution >= 4 is 10.1 Å². The highest BCUT2D eigenvalue weighted by Gasteiger charge is 2.19. The maximum Gasteiger partial charge on any atom is 0.297 e. The van der Waals surface area contributed by atoms with Crippen LogP contribution in [0.15, 0.2) is 59.5 Å². The molecule has 0 N–H and O–H groups in total. The summed E-state index contributed by atoms with van der Waals surface area (Å²) in [4.78, 5) is 0.181. The van der Waals surface area contributed by atoms with Gasteiger partial charge in [0.05, 0.1) is 11.0 Å². The van der Waals surface area contributed by atoms with Crippen LogP contribution in [0.5, 0.6) is 0 Å². The average molecular weight is 276 g/mol. The number of hydrogen-bond acceptors (Lipinski definition) is 3. The lowest BCUT2D eigenvalue weighted by molar-refractivity contribution is 0.234. The minimum absolute atomic E-state index is 0.181. The highest BCUT2D eigenvalue weighted by Crippen LogP contribution is 2.23. The zero-order valence-electron chi connectivity index (χ0n) is 10.9. The molecule has 0 saturated carbocycles. The normalized spacial score (nSPS) is 13.2. The van der Waals surface area contributed by atoms with E-state index in [9.17, 15) is 8.42 Å². The number of hydrogen-bond donors (Lipinski definition) is 0. The Labute approximate surface area is 114 Å².